The molecule has 2 aliphatic rings. The summed E-state index contributed by atoms with van der Waals surface area (Å²) in [6, 6.07) is 17.9. The topological polar surface area (TPSA) is 69.0 Å². The third-order valence-electron chi connectivity index (χ3n) is 6.28. The molecular formula is C26H27BrN4O2S. The summed E-state index contributed by atoms with van der Waals surface area (Å²) >= 11 is 5.10. The molecule has 0 amide bonds. The summed E-state index contributed by atoms with van der Waals surface area (Å²) in [7, 11) is 0. The molecule has 0 saturated heterocycles. The first kappa shape index (κ1) is 23.2. The Bertz CT molecular complexity index is 1190. The predicted molar refractivity (Wildman–Crippen MR) is 138 cm³/mol. The lowest BCUT2D eigenvalue weighted by Gasteiger charge is -2.30. The normalized spacial score (nSPS) is 18.4. The Kier molecular flexibility index (Phi) is 7.06. The molecule has 0 radical (unpaired) electrons. The van der Waals surface area contributed by atoms with Gasteiger partial charge in [-0.15, -0.1) is 5.10 Å². The van der Waals surface area contributed by atoms with E-state index in [4.69, 9.17) is 14.8 Å². The molecule has 1 aromatic heterocycles. The van der Waals surface area contributed by atoms with E-state index in [1.807, 2.05) is 54.1 Å². The maximum absolute atomic E-state index is 13.5. The molecule has 34 heavy (non-hydrogen) atoms. The maximum Gasteiger partial charge on any atom is 0.338 e. The van der Waals surface area contributed by atoms with Gasteiger partial charge in [0.25, 0.3) is 0 Å². The van der Waals surface area contributed by atoms with Gasteiger partial charge < -0.3 is 10.1 Å². The van der Waals surface area contributed by atoms with Gasteiger partial charge in [-0.3, -0.25) is 0 Å². The molecule has 5 rings (SSSR count). The van der Waals surface area contributed by atoms with E-state index < -0.39 is 6.04 Å². The van der Waals surface area contributed by atoms with Gasteiger partial charge in [0.15, 0.2) is 0 Å². The van der Waals surface area contributed by atoms with Gasteiger partial charge in [-0.05, 0) is 55.9 Å². The standard InChI is InChI=1S/C26H27BrN4O2S/c1-17-22(24(32)33-21-10-6-3-7-11-21)23(19-12-14-20(27)15-13-19)31-25(28-17)29-26(30-31)34-16-18-8-4-2-5-9-18/h2,4-5,8-9,12-15,21,23H,3,6-7,10-11,16H2,1H3,(H,28,29,30). The zero-order valence-corrected chi connectivity index (χ0v) is 21.4. The molecule has 0 spiro atoms. The number of halogens is 1. The van der Waals surface area contributed by atoms with Crippen molar-refractivity contribution in [2.24, 2.45) is 0 Å². The van der Waals surface area contributed by atoms with Crippen LogP contribution in [0, 0.1) is 0 Å². The van der Waals surface area contributed by atoms with Crippen molar-refractivity contribution in [2.75, 3.05) is 5.32 Å². The Hall–Kier alpha value is -2.58. The second kappa shape index (κ2) is 10.4. The number of nitrogens with one attached hydrogen (secondary N) is 1. The third-order valence-corrected chi connectivity index (χ3v) is 7.71. The number of hydrogen-bond acceptors (Lipinski definition) is 6. The van der Waals surface area contributed by atoms with Crippen molar-refractivity contribution in [1.29, 1.82) is 0 Å². The minimum atomic E-state index is -0.404. The Morgan fingerprint density at radius 3 is 2.59 bits per heavy atom. The van der Waals surface area contributed by atoms with Crippen LogP contribution < -0.4 is 5.32 Å². The largest absolute Gasteiger partial charge is 0.459 e. The monoisotopic (exact) mass is 538 g/mol. The van der Waals surface area contributed by atoms with Gasteiger partial charge >= 0.3 is 5.97 Å². The maximum atomic E-state index is 13.5. The lowest BCUT2D eigenvalue weighted by atomic mass is 9.95. The van der Waals surface area contributed by atoms with Crippen LogP contribution in [-0.4, -0.2) is 26.8 Å². The van der Waals surface area contributed by atoms with E-state index in [-0.39, 0.29) is 12.1 Å². The number of ether oxygens (including phenoxy) is 1. The van der Waals surface area contributed by atoms with Crippen molar-refractivity contribution in [1.82, 2.24) is 14.8 Å². The Labute approximate surface area is 212 Å². The number of rotatable bonds is 6. The van der Waals surface area contributed by atoms with Crippen LogP contribution in [0.4, 0.5) is 5.95 Å². The minimum Gasteiger partial charge on any atom is -0.459 e. The van der Waals surface area contributed by atoms with E-state index in [1.54, 1.807) is 11.8 Å². The summed E-state index contributed by atoms with van der Waals surface area (Å²) in [6.45, 7) is 1.91. The zero-order valence-electron chi connectivity index (χ0n) is 19.0. The summed E-state index contributed by atoms with van der Waals surface area (Å²) in [4.78, 5) is 18.2. The number of hydrogen-bond donors (Lipinski definition) is 1. The van der Waals surface area contributed by atoms with Crippen LogP contribution in [0.25, 0.3) is 0 Å². The van der Waals surface area contributed by atoms with Crippen LogP contribution in [0.15, 0.2) is 75.5 Å². The minimum absolute atomic E-state index is 0.0127. The van der Waals surface area contributed by atoms with Crippen molar-refractivity contribution in [3.05, 3.63) is 81.5 Å². The number of carbonyl (C=O) groups excluding carboxylic acids is 1. The first-order chi connectivity index (χ1) is 16.6. The number of fused-ring (bicyclic) bond motifs is 1. The van der Waals surface area contributed by atoms with Crippen molar-refractivity contribution in [3.63, 3.8) is 0 Å². The van der Waals surface area contributed by atoms with E-state index in [2.05, 4.69) is 33.4 Å². The van der Waals surface area contributed by atoms with Crippen LogP contribution in [0.1, 0.15) is 56.2 Å². The highest BCUT2D eigenvalue weighted by Gasteiger charge is 2.36. The lowest BCUT2D eigenvalue weighted by Crippen LogP contribution is -2.32. The lowest BCUT2D eigenvalue weighted by molar-refractivity contribution is -0.146. The number of carbonyl (C=O) groups is 1. The molecule has 1 atom stereocenters. The highest BCUT2D eigenvalue weighted by molar-refractivity contribution is 9.10. The summed E-state index contributed by atoms with van der Waals surface area (Å²) < 4.78 is 8.79. The molecule has 1 unspecified atom stereocenters. The number of nitrogens with zero attached hydrogens (tertiary/aromatic N) is 3. The Balaban J connectivity index is 1.45. The van der Waals surface area contributed by atoms with Gasteiger partial charge in [0.1, 0.15) is 12.1 Å². The fourth-order valence-corrected chi connectivity index (χ4v) is 5.58. The molecule has 2 heterocycles. The fraction of sp³-hybridized carbons (Fsp3) is 0.346. The molecule has 8 heteroatoms. The quantitative estimate of drug-likeness (QED) is 0.285. The number of anilines is 1. The molecule has 2 aromatic carbocycles. The van der Waals surface area contributed by atoms with Crippen LogP contribution in [0.3, 0.4) is 0 Å². The second-order valence-corrected chi connectivity index (χ2v) is 10.6. The van der Waals surface area contributed by atoms with Crippen LogP contribution in [0.2, 0.25) is 0 Å². The van der Waals surface area contributed by atoms with Crippen LogP contribution >= 0.6 is 27.7 Å². The SMILES string of the molecule is CC1=C(C(=O)OC2CCCCC2)C(c2ccc(Br)cc2)n2nc(SCc3ccccc3)nc2N1. The van der Waals surface area contributed by atoms with Gasteiger partial charge in [-0.2, -0.15) is 4.98 Å². The van der Waals surface area contributed by atoms with E-state index in [0.29, 0.717) is 16.7 Å². The van der Waals surface area contributed by atoms with Crippen molar-refractivity contribution >= 4 is 39.6 Å². The smallest absolute Gasteiger partial charge is 0.338 e. The molecule has 1 aliphatic carbocycles. The van der Waals surface area contributed by atoms with Gasteiger partial charge in [-0.1, -0.05) is 76.6 Å². The summed E-state index contributed by atoms with van der Waals surface area (Å²) in [5.74, 6) is 1.13. The molecule has 1 saturated carbocycles. The first-order valence-corrected chi connectivity index (χ1v) is 13.4. The summed E-state index contributed by atoms with van der Waals surface area (Å²) in [5, 5.41) is 8.79. The molecule has 1 aliphatic heterocycles. The molecule has 1 fully saturated rings. The van der Waals surface area contributed by atoms with Crippen LogP contribution in [0.5, 0.6) is 0 Å². The van der Waals surface area contributed by atoms with Gasteiger partial charge in [0.05, 0.1) is 5.57 Å². The average Bonchev–Trinajstić information content (AvgIpc) is 3.26. The number of thioether (sulfide) groups is 1. The average molecular weight is 539 g/mol. The summed E-state index contributed by atoms with van der Waals surface area (Å²) in [6.07, 6.45) is 5.29. The molecule has 1 N–H and O–H groups in total. The summed E-state index contributed by atoms with van der Waals surface area (Å²) in [5.41, 5.74) is 3.52. The van der Waals surface area contributed by atoms with Crippen molar-refractivity contribution < 1.29 is 9.53 Å². The zero-order chi connectivity index (χ0) is 23.5. The van der Waals surface area contributed by atoms with E-state index >= 15 is 0 Å². The number of esters is 1. The van der Waals surface area contributed by atoms with Gasteiger partial charge in [0, 0.05) is 15.9 Å². The number of allylic oxidation sites excluding steroid dienone is 1. The first-order valence-electron chi connectivity index (χ1n) is 11.7. The third kappa shape index (κ3) is 5.08. The van der Waals surface area contributed by atoms with Gasteiger partial charge in [-0.25, -0.2) is 9.48 Å². The van der Waals surface area contributed by atoms with Gasteiger partial charge in [0.2, 0.25) is 11.1 Å². The second-order valence-electron chi connectivity index (χ2n) is 8.72. The number of aromatic nitrogens is 3. The Morgan fingerprint density at radius 2 is 1.85 bits per heavy atom. The van der Waals surface area contributed by atoms with E-state index in [9.17, 15) is 4.79 Å². The highest BCUT2D eigenvalue weighted by atomic mass is 79.9. The molecule has 0 bridgehead atoms. The fourth-order valence-electron chi connectivity index (χ4n) is 4.53. The van der Waals surface area contributed by atoms with Crippen LogP contribution in [-0.2, 0) is 15.3 Å². The van der Waals surface area contributed by atoms with E-state index in [0.717, 1.165) is 47.2 Å². The van der Waals surface area contributed by atoms with Crippen molar-refractivity contribution in [3.8, 4) is 0 Å². The number of benzene rings is 2. The van der Waals surface area contributed by atoms with E-state index in [1.165, 1.54) is 12.0 Å². The molecule has 176 valence electrons. The Morgan fingerprint density at radius 1 is 1.12 bits per heavy atom. The molecule has 3 aromatic rings. The highest BCUT2D eigenvalue weighted by Crippen LogP contribution is 2.38. The molecule has 6 nitrogen and oxygen atoms in total. The predicted octanol–water partition coefficient (Wildman–Crippen LogP) is 6.50. The van der Waals surface area contributed by atoms with Crippen molar-refractivity contribution in [2.45, 2.75) is 62.1 Å². The molecular weight excluding hydrogens is 512 g/mol.